The molecule has 0 saturated heterocycles. The second kappa shape index (κ2) is 8.97. The minimum Gasteiger partial charge on any atom is -0.325 e. The zero-order chi connectivity index (χ0) is 13.3. The van der Waals surface area contributed by atoms with Crippen LogP contribution in [0.15, 0.2) is 0 Å². The van der Waals surface area contributed by atoms with E-state index in [2.05, 4.69) is 34.6 Å². The van der Waals surface area contributed by atoms with Crippen molar-refractivity contribution in [3.8, 4) is 0 Å². The molecule has 0 unspecified atom stereocenters. The van der Waals surface area contributed by atoms with Crippen LogP contribution < -0.4 is 5.73 Å². The highest BCUT2D eigenvalue weighted by molar-refractivity contribution is 4.90. The first-order valence-electron chi connectivity index (χ1n) is 7.74. The molecule has 0 aromatic heterocycles. The van der Waals surface area contributed by atoms with Crippen LogP contribution >= 0.6 is 0 Å². The van der Waals surface area contributed by atoms with Gasteiger partial charge >= 0.3 is 0 Å². The van der Waals surface area contributed by atoms with Gasteiger partial charge in [0.1, 0.15) is 0 Å². The second-order valence-corrected chi connectivity index (χ2v) is 6.29. The fourth-order valence-corrected chi connectivity index (χ4v) is 2.63. The van der Waals surface area contributed by atoms with E-state index >= 15 is 0 Å². The lowest BCUT2D eigenvalue weighted by atomic mass is 9.74. The predicted octanol–water partition coefficient (Wildman–Crippen LogP) is 5.14. The van der Waals surface area contributed by atoms with Crippen LogP contribution in [0.1, 0.15) is 86.0 Å². The maximum Gasteiger partial charge on any atom is 0.0200 e. The zero-order valence-electron chi connectivity index (χ0n) is 12.9. The summed E-state index contributed by atoms with van der Waals surface area (Å²) < 4.78 is 0. The smallest absolute Gasteiger partial charge is 0.0200 e. The number of hydrogen-bond donors (Lipinski definition) is 1. The average Bonchev–Trinajstić information content (AvgIpc) is 2.27. The van der Waals surface area contributed by atoms with Crippen molar-refractivity contribution in [1.82, 2.24) is 0 Å². The number of nitrogens with two attached hydrogens (primary N) is 1. The van der Waals surface area contributed by atoms with Crippen LogP contribution in [0.5, 0.6) is 0 Å². The molecule has 0 rings (SSSR count). The van der Waals surface area contributed by atoms with Crippen molar-refractivity contribution in [2.24, 2.45) is 17.6 Å². The van der Waals surface area contributed by atoms with Gasteiger partial charge in [-0.2, -0.15) is 0 Å². The lowest BCUT2D eigenvalue weighted by Crippen LogP contribution is -2.49. The summed E-state index contributed by atoms with van der Waals surface area (Å²) in [4.78, 5) is 0. The van der Waals surface area contributed by atoms with E-state index in [0.717, 1.165) is 0 Å². The molecule has 0 bridgehead atoms. The van der Waals surface area contributed by atoms with Gasteiger partial charge in [0.2, 0.25) is 0 Å². The molecule has 0 aromatic carbocycles. The first-order chi connectivity index (χ1) is 7.95. The molecule has 0 aromatic rings. The van der Waals surface area contributed by atoms with Gasteiger partial charge in [-0.25, -0.2) is 0 Å². The van der Waals surface area contributed by atoms with Crippen LogP contribution in [0.4, 0.5) is 0 Å². The van der Waals surface area contributed by atoms with Gasteiger partial charge in [0.15, 0.2) is 0 Å². The van der Waals surface area contributed by atoms with Crippen molar-refractivity contribution < 1.29 is 0 Å². The normalized spacial score (nSPS) is 12.7. The van der Waals surface area contributed by atoms with E-state index < -0.39 is 0 Å². The minimum atomic E-state index is 0.0451. The Kier molecular flexibility index (Phi) is 8.94. The zero-order valence-corrected chi connectivity index (χ0v) is 12.9. The monoisotopic (exact) mass is 241 g/mol. The Morgan fingerprint density at radius 2 is 1.18 bits per heavy atom. The Hall–Kier alpha value is -0.0400. The first-order valence-corrected chi connectivity index (χ1v) is 7.74. The summed E-state index contributed by atoms with van der Waals surface area (Å²) in [6, 6.07) is 0. The number of unbranched alkanes of at least 4 members (excludes halogenated alkanes) is 6. The standard InChI is InChI=1S/C16H35N/c1-6-7-8-9-10-11-12-13-16(17,14(2)3)15(4)5/h14-15H,6-13,17H2,1-5H3. The van der Waals surface area contributed by atoms with Gasteiger partial charge in [-0.1, -0.05) is 79.6 Å². The Morgan fingerprint density at radius 1 is 0.765 bits per heavy atom. The molecular weight excluding hydrogens is 206 g/mol. The van der Waals surface area contributed by atoms with Gasteiger partial charge < -0.3 is 5.73 Å². The van der Waals surface area contributed by atoms with Crippen LogP contribution in [-0.4, -0.2) is 5.54 Å². The molecule has 0 aliphatic rings. The van der Waals surface area contributed by atoms with E-state index in [9.17, 15) is 0 Å². The maximum atomic E-state index is 6.55. The predicted molar refractivity (Wildman–Crippen MR) is 79.2 cm³/mol. The van der Waals surface area contributed by atoms with Crippen LogP contribution in [0.2, 0.25) is 0 Å². The Balaban J connectivity index is 3.70. The Morgan fingerprint density at radius 3 is 1.59 bits per heavy atom. The van der Waals surface area contributed by atoms with Crippen molar-refractivity contribution in [2.75, 3.05) is 0 Å². The fourth-order valence-electron chi connectivity index (χ4n) is 2.63. The molecule has 17 heavy (non-hydrogen) atoms. The lowest BCUT2D eigenvalue weighted by molar-refractivity contribution is 0.201. The van der Waals surface area contributed by atoms with E-state index in [-0.39, 0.29) is 5.54 Å². The molecule has 0 spiro atoms. The molecule has 0 aliphatic heterocycles. The quantitative estimate of drug-likeness (QED) is 0.527. The van der Waals surface area contributed by atoms with Crippen molar-refractivity contribution in [3.05, 3.63) is 0 Å². The van der Waals surface area contributed by atoms with Gasteiger partial charge in [0, 0.05) is 5.54 Å². The van der Waals surface area contributed by atoms with E-state index in [1.54, 1.807) is 0 Å². The molecule has 0 saturated carbocycles. The summed E-state index contributed by atoms with van der Waals surface area (Å²) in [5.74, 6) is 1.17. The third-order valence-corrected chi connectivity index (χ3v) is 4.36. The Bertz CT molecular complexity index is 164. The molecule has 0 amide bonds. The fraction of sp³-hybridized carbons (Fsp3) is 1.00. The summed E-state index contributed by atoms with van der Waals surface area (Å²) in [7, 11) is 0. The summed E-state index contributed by atoms with van der Waals surface area (Å²) in [5, 5.41) is 0. The molecule has 1 heteroatoms. The summed E-state index contributed by atoms with van der Waals surface area (Å²) in [6.07, 6.45) is 10.8. The van der Waals surface area contributed by atoms with Crippen LogP contribution in [0, 0.1) is 11.8 Å². The molecule has 104 valence electrons. The number of hydrogen-bond acceptors (Lipinski definition) is 1. The molecule has 0 aliphatic carbocycles. The minimum absolute atomic E-state index is 0.0451. The molecular formula is C16H35N. The Labute approximate surface area is 110 Å². The van der Waals surface area contributed by atoms with Gasteiger partial charge in [-0.3, -0.25) is 0 Å². The first kappa shape index (κ1) is 17.0. The van der Waals surface area contributed by atoms with Gasteiger partial charge in [-0.15, -0.1) is 0 Å². The van der Waals surface area contributed by atoms with Crippen molar-refractivity contribution in [1.29, 1.82) is 0 Å². The van der Waals surface area contributed by atoms with E-state index in [1.165, 1.54) is 51.4 Å². The molecule has 0 fully saturated rings. The third kappa shape index (κ3) is 6.45. The third-order valence-electron chi connectivity index (χ3n) is 4.36. The molecule has 1 nitrogen and oxygen atoms in total. The molecule has 0 atom stereocenters. The topological polar surface area (TPSA) is 26.0 Å². The maximum absolute atomic E-state index is 6.55. The summed E-state index contributed by atoms with van der Waals surface area (Å²) in [5.41, 5.74) is 6.59. The van der Waals surface area contributed by atoms with Crippen molar-refractivity contribution in [2.45, 2.75) is 91.5 Å². The molecule has 0 radical (unpaired) electrons. The van der Waals surface area contributed by atoms with E-state index in [4.69, 9.17) is 5.73 Å². The highest BCUT2D eigenvalue weighted by atomic mass is 14.8. The van der Waals surface area contributed by atoms with Gasteiger partial charge in [-0.05, 0) is 18.3 Å². The van der Waals surface area contributed by atoms with Crippen molar-refractivity contribution in [3.63, 3.8) is 0 Å². The summed E-state index contributed by atoms with van der Waals surface area (Å²) >= 11 is 0. The van der Waals surface area contributed by atoms with Crippen molar-refractivity contribution >= 4 is 0 Å². The molecule has 0 heterocycles. The summed E-state index contributed by atoms with van der Waals surface area (Å²) in [6.45, 7) is 11.3. The lowest BCUT2D eigenvalue weighted by Gasteiger charge is -2.38. The highest BCUT2D eigenvalue weighted by Crippen LogP contribution is 2.29. The second-order valence-electron chi connectivity index (χ2n) is 6.29. The van der Waals surface area contributed by atoms with Crippen LogP contribution in [-0.2, 0) is 0 Å². The SMILES string of the molecule is CCCCCCCCCC(N)(C(C)C)C(C)C. The average molecular weight is 241 g/mol. The van der Waals surface area contributed by atoms with Gasteiger partial charge in [0.25, 0.3) is 0 Å². The van der Waals surface area contributed by atoms with E-state index in [1.807, 2.05) is 0 Å². The van der Waals surface area contributed by atoms with E-state index in [0.29, 0.717) is 11.8 Å². The molecule has 2 N–H and O–H groups in total. The van der Waals surface area contributed by atoms with Gasteiger partial charge in [0.05, 0.1) is 0 Å². The highest BCUT2D eigenvalue weighted by Gasteiger charge is 2.31. The number of rotatable bonds is 10. The largest absolute Gasteiger partial charge is 0.325 e. The van der Waals surface area contributed by atoms with Crippen LogP contribution in [0.25, 0.3) is 0 Å². The van der Waals surface area contributed by atoms with Crippen LogP contribution in [0.3, 0.4) is 0 Å².